The number of piperidine rings is 2. The molecule has 1 spiro atoms. The number of likely N-dealkylation sites (tertiary alicyclic amines) is 1. The summed E-state index contributed by atoms with van der Waals surface area (Å²) in [5.41, 5.74) is 3.64. The maximum atomic E-state index is 12.4. The Bertz CT molecular complexity index is 962. The van der Waals surface area contributed by atoms with Gasteiger partial charge in [-0.2, -0.15) is 0 Å². The van der Waals surface area contributed by atoms with Gasteiger partial charge in [0.2, 0.25) is 0 Å². The number of urea groups is 1. The molecule has 32 heavy (non-hydrogen) atoms. The van der Waals surface area contributed by atoms with Crippen LogP contribution in [-0.2, 0) is 5.41 Å². The molecule has 7 heteroatoms. The van der Waals surface area contributed by atoms with Gasteiger partial charge in [-0.1, -0.05) is 18.2 Å². The van der Waals surface area contributed by atoms with E-state index < -0.39 is 0 Å². The molecule has 3 aliphatic heterocycles. The van der Waals surface area contributed by atoms with E-state index in [1.165, 1.54) is 31.2 Å². The van der Waals surface area contributed by atoms with Gasteiger partial charge in [0.05, 0.1) is 11.9 Å². The highest BCUT2D eigenvalue weighted by atomic mass is 16.2. The second-order valence-corrected chi connectivity index (χ2v) is 9.53. The lowest BCUT2D eigenvalue weighted by atomic mass is 9.67. The number of benzene rings is 1. The topological polar surface area (TPSA) is 64.6 Å². The Morgan fingerprint density at radius 3 is 2.47 bits per heavy atom. The normalized spacial score (nSPS) is 21.4. The predicted octanol–water partition coefficient (Wildman–Crippen LogP) is 3.34. The first-order chi connectivity index (χ1) is 15.6. The van der Waals surface area contributed by atoms with E-state index in [2.05, 4.69) is 49.4 Å². The van der Waals surface area contributed by atoms with Crippen molar-refractivity contribution in [3.8, 4) is 0 Å². The lowest BCUT2D eigenvalue weighted by Gasteiger charge is -2.50. The zero-order valence-electron chi connectivity index (χ0n) is 19.3. The first-order valence-corrected chi connectivity index (χ1v) is 12.0. The van der Waals surface area contributed by atoms with E-state index in [0.717, 1.165) is 56.3 Å². The molecule has 4 heterocycles. The largest absolute Gasteiger partial charge is 0.355 e. The van der Waals surface area contributed by atoms with Gasteiger partial charge in [0, 0.05) is 50.0 Å². The minimum atomic E-state index is -0.00482. The van der Waals surface area contributed by atoms with Crippen LogP contribution in [0.4, 0.5) is 16.3 Å². The molecule has 0 bridgehead atoms. The van der Waals surface area contributed by atoms with Crippen molar-refractivity contribution < 1.29 is 4.79 Å². The standard InChI is InChI=1S/C25H34N6O/c1-19-17-27-18-23(28-19)30-12-7-20(8-13-30)29-14-9-25(10-15-29)11-16-31(24(32)26-2)22-6-4-3-5-21(22)25/h3-6,17-18,20H,7-16H2,1-2H3,(H,26,32). The van der Waals surface area contributed by atoms with Crippen molar-refractivity contribution in [2.45, 2.75) is 50.5 Å². The molecule has 0 unspecified atom stereocenters. The van der Waals surface area contributed by atoms with Gasteiger partial charge in [0.25, 0.3) is 0 Å². The molecule has 2 saturated heterocycles. The van der Waals surface area contributed by atoms with Crippen molar-refractivity contribution in [1.82, 2.24) is 20.2 Å². The van der Waals surface area contributed by atoms with Crippen LogP contribution in [0.3, 0.4) is 0 Å². The fraction of sp³-hybridized carbons (Fsp3) is 0.560. The Balaban J connectivity index is 1.23. The molecule has 0 aliphatic carbocycles. The summed E-state index contributed by atoms with van der Waals surface area (Å²) in [5, 5.41) is 2.80. The van der Waals surface area contributed by atoms with Crippen LogP contribution in [0.25, 0.3) is 0 Å². The van der Waals surface area contributed by atoms with Crippen molar-refractivity contribution >= 4 is 17.5 Å². The van der Waals surface area contributed by atoms with Crippen LogP contribution in [0.15, 0.2) is 36.7 Å². The Kier molecular flexibility index (Phi) is 5.76. The first kappa shape index (κ1) is 21.2. The molecule has 0 saturated carbocycles. The lowest BCUT2D eigenvalue weighted by Crippen LogP contribution is -2.53. The van der Waals surface area contributed by atoms with E-state index in [1.807, 2.05) is 24.2 Å². The third kappa shape index (κ3) is 3.83. The summed E-state index contributed by atoms with van der Waals surface area (Å²) in [4.78, 5) is 28.4. The summed E-state index contributed by atoms with van der Waals surface area (Å²) in [5.74, 6) is 1.01. The molecule has 7 nitrogen and oxygen atoms in total. The minimum Gasteiger partial charge on any atom is -0.355 e. The van der Waals surface area contributed by atoms with E-state index >= 15 is 0 Å². The Hall–Kier alpha value is -2.67. The van der Waals surface area contributed by atoms with Gasteiger partial charge in [-0.3, -0.25) is 9.88 Å². The molecule has 1 N–H and O–H groups in total. The second-order valence-electron chi connectivity index (χ2n) is 9.53. The van der Waals surface area contributed by atoms with Gasteiger partial charge in [-0.05, 0) is 63.7 Å². The number of carbonyl (C=O) groups is 1. The van der Waals surface area contributed by atoms with Crippen molar-refractivity contribution in [3.05, 3.63) is 47.9 Å². The number of rotatable bonds is 2. The molecule has 1 aromatic carbocycles. The van der Waals surface area contributed by atoms with Crippen LogP contribution in [0.1, 0.15) is 43.4 Å². The molecule has 3 aliphatic rings. The van der Waals surface area contributed by atoms with E-state index in [-0.39, 0.29) is 11.4 Å². The highest BCUT2D eigenvalue weighted by Crippen LogP contribution is 2.47. The Morgan fingerprint density at radius 2 is 1.75 bits per heavy atom. The smallest absolute Gasteiger partial charge is 0.321 e. The first-order valence-electron chi connectivity index (χ1n) is 12.0. The molecular formula is C25H34N6O. The van der Waals surface area contributed by atoms with Crippen LogP contribution in [0, 0.1) is 6.92 Å². The quantitative estimate of drug-likeness (QED) is 0.785. The maximum Gasteiger partial charge on any atom is 0.321 e. The van der Waals surface area contributed by atoms with Gasteiger partial charge < -0.3 is 15.1 Å². The number of fused-ring (bicyclic) bond motifs is 2. The number of anilines is 2. The summed E-state index contributed by atoms with van der Waals surface area (Å²) in [6, 6.07) is 9.19. The molecule has 2 fully saturated rings. The van der Waals surface area contributed by atoms with Crippen LogP contribution in [-0.4, -0.2) is 66.7 Å². The van der Waals surface area contributed by atoms with E-state index in [0.29, 0.717) is 6.04 Å². The third-order valence-corrected chi connectivity index (χ3v) is 7.84. The third-order valence-electron chi connectivity index (χ3n) is 7.84. The van der Waals surface area contributed by atoms with Crippen molar-refractivity contribution in [2.75, 3.05) is 49.6 Å². The summed E-state index contributed by atoms with van der Waals surface area (Å²) < 4.78 is 0. The molecule has 1 aromatic heterocycles. The summed E-state index contributed by atoms with van der Waals surface area (Å²) in [7, 11) is 1.71. The Labute approximate surface area is 190 Å². The van der Waals surface area contributed by atoms with E-state index in [9.17, 15) is 4.79 Å². The molecule has 2 aromatic rings. The number of aromatic nitrogens is 2. The highest BCUT2D eigenvalue weighted by molar-refractivity contribution is 5.93. The van der Waals surface area contributed by atoms with E-state index in [1.54, 1.807) is 7.05 Å². The van der Waals surface area contributed by atoms with Crippen LogP contribution < -0.4 is 15.1 Å². The number of carbonyl (C=O) groups excluding carboxylic acids is 1. The summed E-state index contributed by atoms with van der Waals surface area (Å²) in [6.45, 7) is 7.19. The molecule has 0 radical (unpaired) electrons. The number of hydrogen-bond donors (Lipinski definition) is 1. The molecule has 2 amide bonds. The molecule has 0 atom stereocenters. The SMILES string of the molecule is CNC(=O)N1CCC2(CCN(C3CCN(c4cncc(C)n4)CC3)CC2)c2ccccc21. The van der Waals surface area contributed by atoms with Gasteiger partial charge in [0.1, 0.15) is 5.82 Å². The number of nitrogens with zero attached hydrogens (tertiary/aromatic N) is 5. The van der Waals surface area contributed by atoms with Gasteiger partial charge in [0.15, 0.2) is 0 Å². The van der Waals surface area contributed by atoms with Crippen molar-refractivity contribution in [2.24, 2.45) is 0 Å². The van der Waals surface area contributed by atoms with Crippen molar-refractivity contribution in [3.63, 3.8) is 0 Å². The number of hydrogen-bond acceptors (Lipinski definition) is 5. The van der Waals surface area contributed by atoms with E-state index in [4.69, 9.17) is 0 Å². The average molecular weight is 435 g/mol. The predicted molar refractivity (Wildman–Crippen MR) is 127 cm³/mol. The van der Waals surface area contributed by atoms with Crippen LogP contribution >= 0.6 is 0 Å². The van der Waals surface area contributed by atoms with Gasteiger partial charge >= 0.3 is 6.03 Å². The monoisotopic (exact) mass is 434 g/mol. The fourth-order valence-electron chi connectivity index (χ4n) is 5.98. The Morgan fingerprint density at radius 1 is 1.03 bits per heavy atom. The average Bonchev–Trinajstić information content (AvgIpc) is 2.85. The highest BCUT2D eigenvalue weighted by Gasteiger charge is 2.43. The molecular weight excluding hydrogens is 400 g/mol. The molecule has 170 valence electrons. The summed E-state index contributed by atoms with van der Waals surface area (Å²) >= 11 is 0. The van der Waals surface area contributed by atoms with Gasteiger partial charge in [-0.15, -0.1) is 0 Å². The van der Waals surface area contributed by atoms with Crippen LogP contribution in [0.2, 0.25) is 0 Å². The van der Waals surface area contributed by atoms with Gasteiger partial charge in [-0.25, -0.2) is 9.78 Å². The zero-order valence-corrected chi connectivity index (χ0v) is 19.3. The second kappa shape index (κ2) is 8.70. The lowest BCUT2D eigenvalue weighted by molar-refractivity contribution is 0.0949. The minimum absolute atomic E-state index is 0.00482. The number of nitrogens with one attached hydrogen (secondary N) is 1. The fourth-order valence-corrected chi connectivity index (χ4v) is 5.98. The summed E-state index contributed by atoms with van der Waals surface area (Å²) in [6.07, 6.45) is 9.48. The molecule has 5 rings (SSSR count). The number of aryl methyl sites for hydroxylation is 1. The van der Waals surface area contributed by atoms with Crippen LogP contribution in [0.5, 0.6) is 0 Å². The zero-order chi connectivity index (χ0) is 22.1. The number of amides is 2. The van der Waals surface area contributed by atoms with Crippen molar-refractivity contribution in [1.29, 1.82) is 0 Å². The number of para-hydroxylation sites is 1. The maximum absolute atomic E-state index is 12.4.